The van der Waals surface area contributed by atoms with Crippen molar-refractivity contribution < 1.29 is 29.4 Å². The Morgan fingerprint density at radius 1 is 0.960 bits per heavy atom. The number of aromatic nitrogens is 4. The second kappa shape index (κ2) is 19.9. The number of aldehydes is 2. The Labute approximate surface area is 291 Å². The molecule has 0 saturated carbocycles. The van der Waals surface area contributed by atoms with Crippen LogP contribution in [0.3, 0.4) is 0 Å². The van der Waals surface area contributed by atoms with Gasteiger partial charge < -0.3 is 44.0 Å². The van der Waals surface area contributed by atoms with Crippen LogP contribution in [0.4, 0.5) is 11.4 Å². The Balaban J connectivity index is 0.000000299. The van der Waals surface area contributed by atoms with Crippen LogP contribution >= 0.6 is 11.6 Å². The molecule has 0 amide bonds. The molecule has 0 aliphatic carbocycles. The standard InChI is InChI=1S/C19H21ClN2O4.C8H10N4O.C5H7N5O/c1-21-16-8-11(6-7-13(16)18(23)24)4-3-5-12-9-14(19(25)26)17(22-2)10-15(12)20;9-7(5-13)1-2-8(10)12-4-3-11-6-12;6-8-5-2-1-4(3-11)9-10(5)7/h6-10,21-22H,3-5H2,1-2H3,(H,23,24)(H,25,26);1-6H,9-10H2;1-3H,6-7H2/b;7-1-,8-2+;8-5-. The number of carbonyl (C=O) groups is 4. The number of rotatable bonds is 12. The van der Waals surface area contributed by atoms with Crippen molar-refractivity contribution in [1.29, 1.82) is 0 Å². The van der Waals surface area contributed by atoms with Gasteiger partial charge >= 0.3 is 11.9 Å². The predicted molar refractivity (Wildman–Crippen MR) is 189 cm³/mol. The lowest BCUT2D eigenvalue weighted by Crippen LogP contribution is -2.31. The number of carboxylic acid groups (broad SMARTS) is 2. The fourth-order valence-electron chi connectivity index (χ4n) is 4.15. The SMILES string of the molecule is CNc1cc(CCCc2cc(C(=O)O)c(NC)cc2Cl)ccc1C(=O)O.N/C(C=O)=C\C=C(/N)n1ccnc1.N/N=c1/ccc(C=O)nn1N. The molecule has 0 bridgehead atoms. The number of nitrogens with two attached hydrogens (primary N) is 4. The van der Waals surface area contributed by atoms with Crippen molar-refractivity contribution in [3.63, 3.8) is 0 Å². The van der Waals surface area contributed by atoms with Gasteiger partial charge in [-0.2, -0.15) is 9.89 Å². The summed E-state index contributed by atoms with van der Waals surface area (Å²) >= 11 is 6.26. The van der Waals surface area contributed by atoms with Crippen molar-refractivity contribution in [2.75, 3.05) is 30.6 Å². The van der Waals surface area contributed by atoms with Crippen molar-refractivity contribution >= 4 is 53.3 Å². The number of anilines is 2. The summed E-state index contributed by atoms with van der Waals surface area (Å²) in [6.07, 6.45) is 11.1. The molecule has 0 radical (unpaired) electrons. The molecule has 18 heteroatoms. The fourth-order valence-corrected chi connectivity index (χ4v) is 4.40. The number of halogens is 1. The summed E-state index contributed by atoms with van der Waals surface area (Å²) < 4.78 is 1.61. The van der Waals surface area contributed by atoms with Crippen molar-refractivity contribution in [1.82, 2.24) is 19.4 Å². The van der Waals surface area contributed by atoms with Gasteiger partial charge in [-0.05, 0) is 78.9 Å². The summed E-state index contributed by atoms with van der Waals surface area (Å²) in [4.78, 5) is 47.6. The highest BCUT2D eigenvalue weighted by atomic mass is 35.5. The molecule has 0 aliphatic rings. The average Bonchev–Trinajstić information content (AvgIpc) is 3.66. The molecule has 4 rings (SSSR count). The molecule has 0 fully saturated rings. The third-order valence-corrected chi connectivity index (χ3v) is 7.03. The van der Waals surface area contributed by atoms with Crippen molar-refractivity contribution in [2.24, 2.45) is 22.4 Å². The minimum absolute atomic E-state index is 0.128. The normalized spacial score (nSPS) is 11.3. The van der Waals surface area contributed by atoms with E-state index in [0.29, 0.717) is 46.7 Å². The molecule has 2 aromatic heterocycles. The van der Waals surface area contributed by atoms with Gasteiger partial charge in [0.05, 0.1) is 16.8 Å². The fraction of sp³-hybridized carbons (Fsp3) is 0.156. The smallest absolute Gasteiger partial charge is 0.337 e. The van der Waals surface area contributed by atoms with Gasteiger partial charge in [-0.1, -0.05) is 17.7 Å². The van der Waals surface area contributed by atoms with E-state index in [4.69, 9.17) is 39.9 Å². The van der Waals surface area contributed by atoms with Gasteiger partial charge in [0.25, 0.3) is 0 Å². The number of imidazole rings is 1. The highest BCUT2D eigenvalue weighted by molar-refractivity contribution is 6.31. The summed E-state index contributed by atoms with van der Waals surface area (Å²) in [7, 11) is 3.33. The molecule has 0 saturated heterocycles. The molecule has 50 heavy (non-hydrogen) atoms. The van der Waals surface area contributed by atoms with E-state index < -0.39 is 11.9 Å². The number of allylic oxidation sites excluding steroid dienone is 3. The number of carboxylic acids is 2. The van der Waals surface area contributed by atoms with Crippen LogP contribution in [0.1, 0.15) is 48.8 Å². The van der Waals surface area contributed by atoms with E-state index >= 15 is 0 Å². The van der Waals surface area contributed by atoms with Gasteiger partial charge in [0.1, 0.15) is 17.8 Å². The molecular formula is C32H38ClN11O6. The second-order valence-electron chi connectivity index (χ2n) is 9.99. The van der Waals surface area contributed by atoms with Crippen molar-refractivity contribution in [3.8, 4) is 0 Å². The summed E-state index contributed by atoms with van der Waals surface area (Å²) in [5.41, 5.74) is 14.8. The van der Waals surface area contributed by atoms with Gasteiger partial charge in [0, 0.05) is 42.9 Å². The van der Waals surface area contributed by atoms with Crippen LogP contribution in [-0.2, 0) is 17.6 Å². The van der Waals surface area contributed by atoms with E-state index in [0.717, 1.165) is 28.8 Å². The molecule has 2 heterocycles. The van der Waals surface area contributed by atoms with Crippen molar-refractivity contribution in [2.45, 2.75) is 19.3 Å². The Hall–Kier alpha value is -6.62. The molecular weight excluding hydrogens is 670 g/mol. The topological polar surface area (TPSA) is 285 Å². The number of nitrogens with one attached hydrogen (secondary N) is 2. The Morgan fingerprint density at radius 2 is 1.64 bits per heavy atom. The quantitative estimate of drug-likeness (QED) is 0.0343. The van der Waals surface area contributed by atoms with E-state index in [9.17, 15) is 24.3 Å². The largest absolute Gasteiger partial charge is 0.478 e. The molecule has 2 aromatic carbocycles. The van der Waals surface area contributed by atoms with E-state index in [1.807, 2.05) is 6.07 Å². The first-order valence-corrected chi connectivity index (χ1v) is 14.9. The number of aromatic carboxylic acids is 2. The van der Waals surface area contributed by atoms with Gasteiger partial charge in [0.2, 0.25) is 0 Å². The van der Waals surface area contributed by atoms with Crippen LogP contribution in [-0.4, -0.2) is 68.3 Å². The molecule has 0 spiro atoms. The monoisotopic (exact) mass is 707 g/mol. The van der Waals surface area contributed by atoms with Gasteiger partial charge in [-0.15, -0.1) is 5.10 Å². The summed E-state index contributed by atoms with van der Waals surface area (Å²) in [6.45, 7) is 0. The lowest BCUT2D eigenvalue weighted by atomic mass is 10.00. The first kappa shape index (κ1) is 39.6. The van der Waals surface area contributed by atoms with Gasteiger partial charge in [-0.25, -0.2) is 14.6 Å². The van der Waals surface area contributed by atoms with E-state index in [-0.39, 0.29) is 22.5 Å². The second-order valence-corrected chi connectivity index (χ2v) is 10.4. The molecule has 12 N–H and O–H groups in total. The number of aryl methyl sites for hydroxylation is 2. The number of hydrogen-bond acceptors (Lipinski definition) is 13. The number of hydrogen-bond donors (Lipinski definition) is 8. The lowest BCUT2D eigenvalue weighted by molar-refractivity contribution is -0.105. The molecule has 264 valence electrons. The average molecular weight is 708 g/mol. The Morgan fingerprint density at radius 3 is 2.18 bits per heavy atom. The number of benzene rings is 2. The minimum Gasteiger partial charge on any atom is -0.478 e. The first-order valence-electron chi connectivity index (χ1n) is 14.6. The summed E-state index contributed by atoms with van der Waals surface area (Å²) in [5.74, 6) is 8.69. The van der Waals surface area contributed by atoms with Crippen LogP contribution in [0, 0.1) is 0 Å². The van der Waals surface area contributed by atoms with E-state index in [2.05, 4.69) is 25.8 Å². The highest BCUT2D eigenvalue weighted by Crippen LogP contribution is 2.27. The van der Waals surface area contributed by atoms with Crippen LogP contribution in [0.5, 0.6) is 0 Å². The van der Waals surface area contributed by atoms with Crippen LogP contribution in [0.25, 0.3) is 5.82 Å². The third-order valence-electron chi connectivity index (χ3n) is 6.68. The number of nitrogen functional groups attached to an aromatic ring is 1. The van der Waals surface area contributed by atoms with Crippen LogP contribution in [0.15, 0.2) is 84.1 Å². The van der Waals surface area contributed by atoms with E-state index in [1.54, 1.807) is 61.6 Å². The predicted octanol–water partition coefficient (Wildman–Crippen LogP) is 1.86. The molecule has 0 unspecified atom stereocenters. The molecule has 0 atom stereocenters. The zero-order chi connectivity index (χ0) is 37.2. The zero-order valence-electron chi connectivity index (χ0n) is 27.2. The number of carbonyl (C=O) groups excluding carboxylic acids is 2. The third kappa shape index (κ3) is 11.9. The summed E-state index contributed by atoms with van der Waals surface area (Å²) in [5, 5.41) is 31.6. The van der Waals surface area contributed by atoms with Crippen LogP contribution < -0.4 is 39.3 Å². The maximum absolute atomic E-state index is 11.4. The van der Waals surface area contributed by atoms with Gasteiger partial charge in [-0.3, -0.25) is 14.2 Å². The summed E-state index contributed by atoms with van der Waals surface area (Å²) in [6, 6.07) is 11.4. The maximum atomic E-state index is 11.4. The van der Waals surface area contributed by atoms with Crippen molar-refractivity contribution in [3.05, 3.63) is 117 Å². The maximum Gasteiger partial charge on any atom is 0.337 e. The van der Waals surface area contributed by atoms with E-state index in [1.165, 1.54) is 24.3 Å². The Bertz CT molecular complexity index is 1920. The minimum atomic E-state index is -1.00. The zero-order valence-corrected chi connectivity index (χ0v) is 27.9. The molecule has 17 nitrogen and oxygen atoms in total. The van der Waals surface area contributed by atoms with Crippen LogP contribution in [0.2, 0.25) is 5.02 Å². The highest BCUT2D eigenvalue weighted by Gasteiger charge is 2.14. The van der Waals surface area contributed by atoms with Gasteiger partial charge in [0.15, 0.2) is 18.1 Å². The Kier molecular flexibility index (Phi) is 15.7. The first-order chi connectivity index (χ1) is 23.9. The molecule has 0 aliphatic heterocycles. The lowest BCUT2D eigenvalue weighted by Gasteiger charge is -2.12. The number of nitrogens with zero attached hydrogens (tertiary/aromatic N) is 5. The molecule has 4 aromatic rings.